The number of esters is 1. The average Bonchev–Trinajstić information content (AvgIpc) is 2.26. The summed E-state index contributed by atoms with van der Waals surface area (Å²) < 4.78 is 4.94. The van der Waals surface area contributed by atoms with E-state index in [0.717, 1.165) is 11.8 Å². The minimum atomic E-state index is -0.544. The highest BCUT2D eigenvalue weighted by Crippen LogP contribution is 2.29. The lowest BCUT2D eigenvalue weighted by Gasteiger charge is -2.01. The van der Waals surface area contributed by atoms with Crippen LogP contribution in [0, 0.1) is 10.1 Å². The summed E-state index contributed by atoms with van der Waals surface area (Å²) in [6.07, 6.45) is 1.44. The van der Waals surface area contributed by atoms with Crippen LogP contribution in [0.4, 0.5) is 5.69 Å². The van der Waals surface area contributed by atoms with E-state index < -0.39 is 10.9 Å². The zero-order valence-corrected chi connectivity index (χ0v) is 10.6. The van der Waals surface area contributed by atoms with Gasteiger partial charge in [-0.05, 0) is 15.9 Å². The molecule has 0 atom stereocenters. The predicted molar refractivity (Wildman–Crippen MR) is 61.3 cm³/mol. The third-order valence-corrected chi connectivity index (χ3v) is 2.95. The summed E-state index contributed by atoms with van der Waals surface area (Å²) in [5.74, 6) is -0.463. The maximum absolute atomic E-state index is 10.9. The third kappa shape index (κ3) is 3.46. The molecule has 0 unspecified atom stereocenters. The zero-order valence-electron chi connectivity index (χ0n) is 8.18. The Morgan fingerprint density at radius 2 is 2.44 bits per heavy atom. The average molecular weight is 307 g/mol. The highest BCUT2D eigenvalue weighted by Gasteiger charge is 2.17. The molecule has 0 aliphatic heterocycles. The Balaban J connectivity index is 2.87. The number of pyridine rings is 1. The number of carbonyl (C=O) groups is 1. The van der Waals surface area contributed by atoms with Crippen LogP contribution in [0.15, 0.2) is 21.8 Å². The molecule has 1 aromatic rings. The van der Waals surface area contributed by atoms with Gasteiger partial charge >= 0.3 is 11.7 Å². The summed E-state index contributed by atoms with van der Waals surface area (Å²) in [5.41, 5.74) is -0.136. The second-order valence-corrected chi connectivity index (χ2v) is 4.48. The molecule has 16 heavy (non-hydrogen) atoms. The van der Waals surface area contributed by atoms with E-state index in [-0.39, 0.29) is 16.5 Å². The Labute approximate surface area is 104 Å². The van der Waals surface area contributed by atoms with E-state index in [9.17, 15) is 14.9 Å². The van der Waals surface area contributed by atoms with Gasteiger partial charge in [0.1, 0.15) is 0 Å². The maximum atomic E-state index is 10.9. The Morgan fingerprint density at radius 1 is 1.75 bits per heavy atom. The van der Waals surface area contributed by atoms with Crippen molar-refractivity contribution in [2.45, 2.75) is 5.03 Å². The molecule has 0 spiro atoms. The maximum Gasteiger partial charge on any atom is 0.316 e. The minimum Gasteiger partial charge on any atom is -0.468 e. The molecule has 1 rings (SSSR count). The summed E-state index contributed by atoms with van der Waals surface area (Å²) in [5, 5.41) is 10.9. The fourth-order valence-corrected chi connectivity index (χ4v) is 1.94. The van der Waals surface area contributed by atoms with E-state index in [2.05, 4.69) is 25.7 Å². The van der Waals surface area contributed by atoms with E-state index >= 15 is 0 Å². The van der Waals surface area contributed by atoms with E-state index in [1.54, 1.807) is 0 Å². The first-order valence-electron chi connectivity index (χ1n) is 4.04. The fraction of sp³-hybridized carbons (Fsp3) is 0.250. The standard InChI is InChI=1S/C8H7BrN2O4S/c1-15-7(12)4-16-8-6(11(13)14)2-5(9)3-10-8/h2-3H,4H2,1H3. The lowest BCUT2D eigenvalue weighted by Crippen LogP contribution is -2.04. The SMILES string of the molecule is COC(=O)CSc1ncc(Br)cc1[N+](=O)[O-]. The fourth-order valence-electron chi connectivity index (χ4n) is 0.844. The molecule has 86 valence electrons. The van der Waals surface area contributed by atoms with Gasteiger partial charge in [-0.3, -0.25) is 14.9 Å². The van der Waals surface area contributed by atoms with Gasteiger partial charge in [-0.25, -0.2) is 4.98 Å². The van der Waals surface area contributed by atoms with Crippen molar-refractivity contribution < 1.29 is 14.5 Å². The van der Waals surface area contributed by atoms with Crippen molar-refractivity contribution in [1.82, 2.24) is 4.98 Å². The van der Waals surface area contributed by atoms with Crippen molar-refractivity contribution in [3.8, 4) is 0 Å². The topological polar surface area (TPSA) is 82.3 Å². The number of hydrogen-bond donors (Lipinski definition) is 0. The lowest BCUT2D eigenvalue weighted by molar-refractivity contribution is -0.388. The molecule has 0 saturated carbocycles. The smallest absolute Gasteiger partial charge is 0.316 e. The second-order valence-electron chi connectivity index (χ2n) is 2.60. The van der Waals surface area contributed by atoms with Crippen LogP contribution in [-0.4, -0.2) is 28.7 Å². The molecule has 6 nitrogen and oxygen atoms in total. The van der Waals surface area contributed by atoms with Crippen molar-refractivity contribution in [1.29, 1.82) is 0 Å². The number of hydrogen-bond acceptors (Lipinski definition) is 6. The summed E-state index contributed by atoms with van der Waals surface area (Å²) in [7, 11) is 1.26. The Hall–Kier alpha value is -1.15. The monoisotopic (exact) mass is 306 g/mol. The number of thioether (sulfide) groups is 1. The molecule has 0 fully saturated rings. The van der Waals surface area contributed by atoms with Crippen molar-refractivity contribution in [3.05, 3.63) is 26.9 Å². The Kier molecular flexibility index (Phi) is 4.69. The van der Waals surface area contributed by atoms with Crippen LogP contribution >= 0.6 is 27.7 Å². The molecular weight excluding hydrogens is 300 g/mol. The van der Waals surface area contributed by atoms with Crippen LogP contribution in [0.25, 0.3) is 0 Å². The zero-order chi connectivity index (χ0) is 12.1. The molecule has 8 heteroatoms. The second kappa shape index (κ2) is 5.80. The van der Waals surface area contributed by atoms with Crippen molar-refractivity contribution >= 4 is 39.3 Å². The quantitative estimate of drug-likeness (QED) is 0.366. The molecule has 0 aromatic carbocycles. The van der Waals surface area contributed by atoms with Crippen LogP contribution in [-0.2, 0) is 9.53 Å². The van der Waals surface area contributed by atoms with Gasteiger partial charge in [0, 0.05) is 16.7 Å². The summed E-state index contributed by atoms with van der Waals surface area (Å²) in [6.45, 7) is 0. The molecular formula is C8H7BrN2O4S. The van der Waals surface area contributed by atoms with Crippen LogP contribution in [0.2, 0.25) is 0 Å². The Morgan fingerprint density at radius 3 is 3.00 bits per heavy atom. The highest BCUT2D eigenvalue weighted by atomic mass is 79.9. The van der Waals surface area contributed by atoms with Crippen LogP contribution < -0.4 is 0 Å². The molecule has 1 heterocycles. The van der Waals surface area contributed by atoms with Gasteiger partial charge in [-0.15, -0.1) is 0 Å². The number of halogens is 1. The minimum absolute atomic E-state index is 0.00796. The van der Waals surface area contributed by atoms with E-state index in [0.29, 0.717) is 4.47 Å². The first kappa shape index (κ1) is 12.9. The van der Waals surface area contributed by atoms with E-state index in [1.807, 2.05) is 0 Å². The highest BCUT2D eigenvalue weighted by molar-refractivity contribution is 9.10. The normalized spacial score (nSPS) is 9.88. The van der Waals surface area contributed by atoms with Gasteiger partial charge in [0.25, 0.3) is 0 Å². The number of carbonyl (C=O) groups excluding carboxylic acids is 1. The first-order valence-corrected chi connectivity index (χ1v) is 5.82. The molecule has 0 amide bonds. The molecule has 0 aliphatic carbocycles. The van der Waals surface area contributed by atoms with Gasteiger partial charge in [-0.2, -0.15) is 0 Å². The molecule has 1 aromatic heterocycles. The molecule has 0 aliphatic rings. The van der Waals surface area contributed by atoms with Gasteiger partial charge < -0.3 is 4.74 Å². The van der Waals surface area contributed by atoms with E-state index in [4.69, 9.17) is 0 Å². The van der Waals surface area contributed by atoms with Crippen LogP contribution in [0.3, 0.4) is 0 Å². The largest absolute Gasteiger partial charge is 0.468 e. The molecule has 0 N–H and O–H groups in total. The van der Waals surface area contributed by atoms with Gasteiger partial charge in [-0.1, -0.05) is 11.8 Å². The number of rotatable bonds is 4. The van der Waals surface area contributed by atoms with Crippen molar-refractivity contribution in [2.75, 3.05) is 12.9 Å². The number of aromatic nitrogens is 1. The van der Waals surface area contributed by atoms with Gasteiger partial charge in [0.05, 0.1) is 17.8 Å². The summed E-state index contributed by atoms with van der Waals surface area (Å²) in [6, 6.07) is 1.34. The summed E-state index contributed by atoms with van der Waals surface area (Å²) in [4.78, 5) is 24.9. The summed E-state index contributed by atoms with van der Waals surface area (Å²) >= 11 is 4.06. The Bertz CT molecular complexity index is 426. The third-order valence-electron chi connectivity index (χ3n) is 1.55. The first-order chi connectivity index (χ1) is 7.54. The molecule has 0 radical (unpaired) electrons. The van der Waals surface area contributed by atoms with Crippen molar-refractivity contribution in [2.24, 2.45) is 0 Å². The number of methoxy groups -OCH3 is 1. The molecule has 0 saturated heterocycles. The lowest BCUT2D eigenvalue weighted by atomic mass is 10.4. The van der Waals surface area contributed by atoms with Crippen molar-refractivity contribution in [3.63, 3.8) is 0 Å². The van der Waals surface area contributed by atoms with Crippen LogP contribution in [0.5, 0.6) is 0 Å². The predicted octanol–water partition coefficient (Wildman–Crippen LogP) is 2.02. The van der Waals surface area contributed by atoms with E-state index in [1.165, 1.54) is 19.4 Å². The van der Waals surface area contributed by atoms with Gasteiger partial charge in [0.2, 0.25) is 0 Å². The molecule has 0 bridgehead atoms. The number of nitro groups is 1. The number of ether oxygens (including phenoxy) is 1. The van der Waals surface area contributed by atoms with Crippen LogP contribution in [0.1, 0.15) is 0 Å². The number of nitrogens with zero attached hydrogens (tertiary/aromatic N) is 2. The van der Waals surface area contributed by atoms with Gasteiger partial charge in [0.15, 0.2) is 5.03 Å².